The fourth-order valence-electron chi connectivity index (χ4n) is 2.88. The molecule has 0 fully saturated rings. The Balaban J connectivity index is 0.000000299. The van der Waals surface area contributed by atoms with Gasteiger partial charge in [-0.15, -0.1) is 0 Å². The van der Waals surface area contributed by atoms with Crippen LogP contribution in [-0.4, -0.2) is 15.4 Å². The second kappa shape index (κ2) is 7.82. The van der Waals surface area contributed by atoms with Crippen LogP contribution in [0.15, 0.2) is 18.3 Å². The molecule has 2 heterocycles. The zero-order valence-electron chi connectivity index (χ0n) is 16.9. The molecule has 0 saturated carbocycles. The predicted molar refractivity (Wildman–Crippen MR) is 103 cm³/mol. The Morgan fingerprint density at radius 3 is 2.24 bits per heavy atom. The topological polar surface area (TPSA) is 58.2 Å². The fraction of sp³-hybridized carbons (Fsp3) is 0.571. The van der Waals surface area contributed by atoms with Crippen molar-refractivity contribution in [1.29, 1.82) is 5.26 Å². The molecule has 2 rings (SSSR count). The van der Waals surface area contributed by atoms with E-state index in [-0.39, 0.29) is 10.8 Å². The number of nitriles is 1. The number of carbonyl (C=O) groups excluding carboxylic acids is 1. The average molecular weight is 341 g/mol. The largest absolute Gasteiger partial charge is 0.300 e. The van der Waals surface area contributed by atoms with Gasteiger partial charge < -0.3 is 0 Å². The number of Topliss-reactive ketones (excluding diaryl/α,β-unsaturated/α-hetero) is 1. The second-order valence-electron chi connectivity index (χ2n) is 8.70. The quantitative estimate of drug-likeness (QED) is 0.753. The van der Waals surface area contributed by atoms with Crippen LogP contribution in [-0.2, 0) is 10.2 Å². The first-order chi connectivity index (χ1) is 11.4. The third-order valence-electron chi connectivity index (χ3n) is 3.81. The van der Waals surface area contributed by atoms with E-state index < -0.39 is 0 Å². The van der Waals surface area contributed by atoms with E-state index in [0.29, 0.717) is 24.2 Å². The van der Waals surface area contributed by atoms with Gasteiger partial charge in [0, 0.05) is 24.6 Å². The first-order valence-electron chi connectivity index (χ1n) is 8.80. The van der Waals surface area contributed by atoms with Crippen LogP contribution in [0.2, 0.25) is 0 Å². The zero-order chi connectivity index (χ0) is 19.4. The summed E-state index contributed by atoms with van der Waals surface area (Å²) in [7, 11) is 0. The number of hydrogen-bond acceptors (Lipinski definition) is 3. The number of aryl methyl sites for hydroxylation is 1. The van der Waals surface area contributed by atoms with Crippen molar-refractivity contribution in [3.63, 3.8) is 0 Å². The highest BCUT2D eigenvalue weighted by atomic mass is 16.1. The number of ketones is 1. The molecule has 0 aliphatic heterocycles. The number of hydrogen-bond donors (Lipinski definition) is 0. The van der Waals surface area contributed by atoms with Crippen LogP contribution >= 0.6 is 0 Å². The normalized spacial score (nSPS) is 11.6. The van der Waals surface area contributed by atoms with Gasteiger partial charge in [-0.2, -0.15) is 10.4 Å². The van der Waals surface area contributed by atoms with Crippen molar-refractivity contribution in [2.75, 3.05) is 0 Å². The van der Waals surface area contributed by atoms with E-state index >= 15 is 0 Å². The van der Waals surface area contributed by atoms with Crippen LogP contribution < -0.4 is 0 Å². The molecule has 25 heavy (non-hydrogen) atoms. The minimum atomic E-state index is 0.0416. The molecule has 0 aromatic carbocycles. The molecule has 0 saturated heterocycles. The summed E-state index contributed by atoms with van der Waals surface area (Å²) in [5, 5.41) is 13.4. The van der Waals surface area contributed by atoms with E-state index in [4.69, 9.17) is 5.26 Å². The van der Waals surface area contributed by atoms with Gasteiger partial charge in [0.15, 0.2) is 0 Å². The van der Waals surface area contributed by atoms with Crippen molar-refractivity contribution < 1.29 is 4.79 Å². The lowest BCUT2D eigenvalue weighted by atomic mass is 9.86. The Labute approximate surface area is 151 Å². The zero-order valence-corrected chi connectivity index (χ0v) is 16.9. The Morgan fingerprint density at radius 1 is 1.24 bits per heavy atom. The number of rotatable bonds is 2. The predicted octanol–water partition coefficient (Wildman–Crippen LogP) is 5.21. The van der Waals surface area contributed by atoms with Gasteiger partial charge in [-0.1, -0.05) is 48.5 Å². The molecule has 0 unspecified atom stereocenters. The van der Waals surface area contributed by atoms with Crippen LogP contribution in [0, 0.1) is 23.7 Å². The highest BCUT2D eigenvalue weighted by Gasteiger charge is 2.22. The van der Waals surface area contributed by atoms with Gasteiger partial charge in [0.25, 0.3) is 0 Å². The third kappa shape index (κ3) is 6.01. The average Bonchev–Trinajstić information content (AvgIpc) is 2.80. The van der Waals surface area contributed by atoms with Crippen LogP contribution in [0.4, 0.5) is 0 Å². The summed E-state index contributed by atoms with van der Waals surface area (Å²) >= 11 is 0. The van der Waals surface area contributed by atoms with Crippen molar-refractivity contribution in [3.05, 3.63) is 35.2 Å². The summed E-state index contributed by atoms with van der Waals surface area (Å²) in [6.07, 6.45) is 3.23. The first kappa shape index (κ1) is 20.9. The SMILES string of the molecule is CCC(=O)CC(C)(C)C.Cc1nn2ccc(C#N)cc2c1C(C)(C)C. The van der Waals surface area contributed by atoms with Gasteiger partial charge >= 0.3 is 0 Å². The minimum absolute atomic E-state index is 0.0416. The van der Waals surface area contributed by atoms with E-state index in [9.17, 15) is 4.79 Å². The Bertz CT molecular complexity index is 780. The van der Waals surface area contributed by atoms with Crippen molar-refractivity contribution in [2.45, 2.75) is 73.6 Å². The highest BCUT2D eigenvalue weighted by Crippen LogP contribution is 2.29. The van der Waals surface area contributed by atoms with Crippen molar-refractivity contribution in [2.24, 2.45) is 5.41 Å². The van der Waals surface area contributed by atoms with Crippen LogP contribution in [0.3, 0.4) is 0 Å². The summed E-state index contributed by atoms with van der Waals surface area (Å²) in [6.45, 7) is 16.7. The summed E-state index contributed by atoms with van der Waals surface area (Å²) in [4.78, 5) is 10.8. The number of aromatic nitrogens is 2. The maximum absolute atomic E-state index is 10.8. The molecule has 0 radical (unpaired) electrons. The maximum Gasteiger partial charge on any atom is 0.133 e. The first-order valence-corrected chi connectivity index (χ1v) is 8.80. The lowest BCUT2D eigenvalue weighted by Crippen LogP contribution is -2.12. The highest BCUT2D eigenvalue weighted by molar-refractivity contribution is 5.78. The van der Waals surface area contributed by atoms with Gasteiger partial charge in [0.2, 0.25) is 0 Å². The molecule has 4 nitrogen and oxygen atoms in total. The molecular formula is C21H31N3O. The monoisotopic (exact) mass is 341 g/mol. The third-order valence-corrected chi connectivity index (χ3v) is 3.81. The Morgan fingerprint density at radius 2 is 1.84 bits per heavy atom. The molecule has 0 spiro atoms. The van der Waals surface area contributed by atoms with E-state index in [1.165, 1.54) is 5.56 Å². The Kier molecular flexibility index (Phi) is 6.54. The lowest BCUT2D eigenvalue weighted by Gasteiger charge is -2.18. The fourth-order valence-corrected chi connectivity index (χ4v) is 2.88. The summed E-state index contributed by atoms with van der Waals surface area (Å²) in [5.41, 5.74) is 4.17. The van der Waals surface area contributed by atoms with Gasteiger partial charge in [-0.3, -0.25) is 4.79 Å². The number of fused-ring (bicyclic) bond motifs is 1. The van der Waals surface area contributed by atoms with Crippen molar-refractivity contribution in [3.8, 4) is 6.07 Å². The molecular weight excluding hydrogens is 310 g/mol. The minimum Gasteiger partial charge on any atom is -0.300 e. The number of pyridine rings is 1. The van der Waals surface area contributed by atoms with Crippen molar-refractivity contribution >= 4 is 11.3 Å². The van der Waals surface area contributed by atoms with E-state index in [2.05, 4.69) is 52.7 Å². The summed E-state index contributed by atoms with van der Waals surface area (Å²) in [5.74, 6) is 0.363. The molecule has 0 aliphatic carbocycles. The Hall–Kier alpha value is -2.15. The molecule has 0 N–H and O–H groups in total. The molecule has 0 bridgehead atoms. The van der Waals surface area contributed by atoms with Gasteiger partial charge in [0.05, 0.1) is 22.8 Å². The molecule has 136 valence electrons. The molecule has 4 heteroatoms. The molecule has 2 aromatic rings. The van der Waals surface area contributed by atoms with E-state index in [1.54, 1.807) is 6.07 Å². The molecule has 0 amide bonds. The standard InChI is InChI=1S/C13H15N3.C8H16O/c1-9-12(13(2,3)4)11-7-10(8-14)5-6-16(11)15-9;1-5-7(9)6-8(2,3)4/h5-7H,1-4H3;5-6H2,1-4H3. The summed E-state index contributed by atoms with van der Waals surface area (Å²) < 4.78 is 1.84. The second-order valence-corrected chi connectivity index (χ2v) is 8.70. The van der Waals surface area contributed by atoms with Crippen molar-refractivity contribution in [1.82, 2.24) is 9.61 Å². The molecule has 2 aromatic heterocycles. The van der Waals surface area contributed by atoms with Gasteiger partial charge in [0.1, 0.15) is 5.78 Å². The molecule has 0 aliphatic rings. The van der Waals surface area contributed by atoms with E-state index in [1.807, 2.05) is 30.6 Å². The van der Waals surface area contributed by atoms with E-state index in [0.717, 1.165) is 11.2 Å². The van der Waals surface area contributed by atoms with Crippen LogP contribution in [0.1, 0.15) is 78.1 Å². The van der Waals surface area contributed by atoms with Crippen LogP contribution in [0.25, 0.3) is 5.52 Å². The van der Waals surface area contributed by atoms with Gasteiger partial charge in [-0.05, 0) is 29.9 Å². The number of nitrogens with zero attached hydrogens (tertiary/aromatic N) is 3. The lowest BCUT2D eigenvalue weighted by molar-refractivity contribution is -0.120. The molecule has 0 atom stereocenters. The summed E-state index contributed by atoms with van der Waals surface area (Å²) in [6, 6.07) is 5.85. The maximum atomic E-state index is 10.8. The van der Waals surface area contributed by atoms with Crippen LogP contribution in [0.5, 0.6) is 0 Å². The smallest absolute Gasteiger partial charge is 0.133 e. The number of carbonyl (C=O) groups is 1. The van der Waals surface area contributed by atoms with Gasteiger partial charge in [-0.25, -0.2) is 4.52 Å².